The van der Waals surface area contributed by atoms with Crippen LogP contribution in [0.3, 0.4) is 0 Å². The molecule has 0 saturated carbocycles. The molecule has 0 spiro atoms. The molecule has 24 heavy (non-hydrogen) atoms. The maximum absolute atomic E-state index is 6.07. The second-order valence-electron chi connectivity index (χ2n) is 6.04. The van der Waals surface area contributed by atoms with Crippen LogP contribution in [-0.4, -0.2) is 57.2 Å². The summed E-state index contributed by atoms with van der Waals surface area (Å²) in [6, 6.07) is 8.36. The Bertz CT molecular complexity index is 538. The lowest BCUT2D eigenvalue weighted by Gasteiger charge is -2.24. The van der Waals surface area contributed by atoms with Crippen molar-refractivity contribution in [3.63, 3.8) is 0 Å². The summed E-state index contributed by atoms with van der Waals surface area (Å²) in [4.78, 5) is 6.83. The van der Waals surface area contributed by atoms with Crippen LogP contribution in [-0.2, 0) is 4.74 Å². The lowest BCUT2D eigenvalue weighted by Crippen LogP contribution is -2.45. The van der Waals surface area contributed by atoms with Gasteiger partial charge in [0.2, 0.25) is 0 Å². The number of rotatable bonds is 7. The summed E-state index contributed by atoms with van der Waals surface area (Å²) in [6.07, 6.45) is 2.47. The second kappa shape index (κ2) is 9.87. The van der Waals surface area contributed by atoms with Crippen LogP contribution < -0.4 is 10.6 Å². The average molecular weight is 353 g/mol. The smallest absolute Gasteiger partial charge is 0.191 e. The van der Waals surface area contributed by atoms with Gasteiger partial charge in [-0.3, -0.25) is 9.89 Å². The molecule has 1 aliphatic heterocycles. The minimum Gasteiger partial charge on any atom is -0.375 e. The lowest BCUT2D eigenvalue weighted by atomic mass is 10.1. The second-order valence-corrected chi connectivity index (χ2v) is 6.47. The number of ether oxygens (including phenoxy) is 1. The van der Waals surface area contributed by atoms with Crippen molar-refractivity contribution in [3.05, 3.63) is 34.9 Å². The van der Waals surface area contributed by atoms with E-state index in [0.717, 1.165) is 29.6 Å². The summed E-state index contributed by atoms with van der Waals surface area (Å²) in [5.74, 6) is 0.807. The van der Waals surface area contributed by atoms with Gasteiger partial charge in [0.05, 0.1) is 6.10 Å². The van der Waals surface area contributed by atoms with Crippen molar-refractivity contribution in [2.24, 2.45) is 4.99 Å². The molecule has 1 aromatic carbocycles. The number of hydrogen-bond acceptors (Lipinski definition) is 3. The van der Waals surface area contributed by atoms with Gasteiger partial charge in [0.15, 0.2) is 5.96 Å². The number of nitrogens with zero attached hydrogens (tertiary/aromatic N) is 2. The molecule has 2 atom stereocenters. The fraction of sp³-hybridized carbons (Fsp3) is 0.611. The summed E-state index contributed by atoms with van der Waals surface area (Å²) in [6.45, 7) is 6.09. The van der Waals surface area contributed by atoms with Crippen LogP contribution in [0.1, 0.15) is 31.4 Å². The van der Waals surface area contributed by atoms with Crippen LogP contribution in [0.2, 0.25) is 5.02 Å². The number of hydrogen-bond donors (Lipinski definition) is 2. The quantitative estimate of drug-likeness (QED) is 0.585. The van der Waals surface area contributed by atoms with E-state index < -0.39 is 0 Å². The number of methoxy groups -OCH3 is 1. The zero-order chi connectivity index (χ0) is 17.4. The van der Waals surface area contributed by atoms with E-state index in [1.165, 1.54) is 19.4 Å². The Hall–Kier alpha value is -1.30. The van der Waals surface area contributed by atoms with Gasteiger partial charge in [0.1, 0.15) is 0 Å². The third kappa shape index (κ3) is 5.36. The monoisotopic (exact) mass is 352 g/mol. The van der Waals surface area contributed by atoms with E-state index in [2.05, 4.69) is 27.4 Å². The fourth-order valence-corrected chi connectivity index (χ4v) is 3.41. The zero-order valence-corrected chi connectivity index (χ0v) is 15.6. The first-order valence-electron chi connectivity index (χ1n) is 8.64. The van der Waals surface area contributed by atoms with Gasteiger partial charge in [0, 0.05) is 38.3 Å². The number of likely N-dealkylation sites (tertiary alicyclic amines) is 1. The highest BCUT2D eigenvalue weighted by atomic mass is 35.5. The third-order valence-corrected chi connectivity index (χ3v) is 4.83. The van der Waals surface area contributed by atoms with Gasteiger partial charge in [-0.2, -0.15) is 0 Å². The third-order valence-electron chi connectivity index (χ3n) is 4.59. The molecule has 0 aromatic heterocycles. The van der Waals surface area contributed by atoms with Crippen molar-refractivity contribution in [2.75, 3.05) is 40.3 Å². The Morgan fingerprint density at radius 2 is 2.29 bits per heavy atom. The van der Waals surface area contributed by atoms with Gasteiger partial charge in [-0.15, -0.1) is 0 Å². The van der Waals surface area contributed by atoms with Crippen molar-refractivity contribution in [3.8, 4) is 0 Å². The molecule has 0 aliphatic carbocycles. The van der Waals surface area contributed by atoms with Crippen molar-refractivity contribution in [2.45, 2.75) is 31.9 Å². The molecule has 5 nitrogen and oxygen atoms in total. The van der Waals surface area contributed by atoms with Crippen molar-refractivity contribution < 1.29 is 4.74 Å². The van der Waals surface area contributed by atoms with E-state index in [0.29, 0.717) is 12.6 Å². The molecule has 1 heterocycles. The predicted molar refractivity (Wildman–Crippen MR) is 101 cm³/mol. The summed E-state index contributed by atoms with van der Waals surface area (Å²) < 4.78 is 5.59. The molecule has 6 heteroatoms. The Morgan fingerprint density at radius 1 is 1.46 bits per heavy atom. The van der Waals surface area contributed by atoms with Gasteiger partial charge in [-0.1, -0.05) is 30.7 Å². The van der Waals surface area contributed by atoms with Gasteiger partial charge >= 0.3 is 0 Å². The molecular formula is C18H29ClN4O. The standard InChI is InChI=1S/C18H29ClN4O/c1-4-23-10-6-9-16(23)12-21-18(20-2)22-13-17(24-3)14-7-5-8-15(19)11-14/h5,7-8,11,16-17H,4,6,9-10,12-13H2,1-3H3,(H2,20,21,22). The molecule has 2 rings (SSSR count). The largest absolute Gasteiger partial charge is 0.375 e. The molecule has 1 aliphatic rings. The van der Waals surface area contributed by atoms with Crippen molar-refractivity contribution >= 4 is 17.6 Å². The lowest BCUT2D eigenvalue weighted by molar-refractivity contribution is 0.106. The van der Waals surface area contributed by atoms with Crippen molar-refractivity contribution in [1.29, 1.82) is 0 Å². The highest BCUT2D eigenvalue weighted by Gasteiger charge is 2.22. The predicted octanol–water partition coefficient (Wildman–Crippen LogP) is 2.68. The summed E-state index contributed by atoms with van der Waals surface area (Å²) in [7, 11) is 3.50. The molecule has 0 amide bonds. The zero-order valence-electron chi connectivity index (χ0n) is 14.9. The first-order chi connectivity index (χ1) is 11.7. The summed E-state index contributed by atoms with van der Waals surface area (Å²) in [5.41, 5.74) is 1.06. The highest BCUT2D eigenvalue weighted by Crippen LogP contribution is 2.19. The molecule has 134 valence electrons. The summed E-state index contributed by atoms with van der Waals surface area (Å²) >= 11 is 6.07. The number of nitrogens with one attached hydrogen (secondary N) is 2. The minimum absolute atomic E-state index is 0.0686. The van der Waals surface area contributed by atoms with Crippen LogP contribution in [0.5, 0.6) is 0 Å². The number of guanidine groups is 1. The van der Waals surface area contributed by atoms with Crippen LogP contribution in [0.25, 0.3) is 0 Å². The van der Waals surface area contributed by atoms with Gasteiger partial charge in [0.25, 0.3) is 0 Å². The van der Waals surface area contributed by atoms with Crippen LogP contribution >= 0.6 is 11.6 Å². The number of aliphatic imine (C=N–C) groups is 1. The normalized spacial score (nSPS) is 20.2. The molecular weight excluding hydrogens is 324 g/mol. The first-order valence-corrected chi connectivity index (χ1v) is 9.02. The SMILES string of the molecule is CCN1CCCC1CNC(=NC)NCC(OC)c1cccc(Cl)c1. The Labute approximate surface area is 150 Å². The van der Waals surface area contributed by atoms with Gasteiger partial charge in [-0.05, 0) is 43.6 Å². The number of halogens is 1. The topological polar surface area (TPSA) is 48.9 Å². The number of benzene rings is 1. The summed E-state index contributed by atoms with van der Waals surface area (Å²) in [5, 5.41) is 7.50. The van der Waals surface area contributed by atoms with Gasteiger partial charge in [-0.25, -0.2) is 0 Å². The Morgan fingerprint density at radius 3 is 2.96 bits per heavy atom. The van der Waals surface area contributed by atoms with Gasteiger partial charge < -0.3 is 15.4 Å². The van der Waals surface area contributed by atoms with E-state index in [1.54, 1.807) is 14.2 Å². The molecule has 1 fully saturated rings. The maximum Gasteiger partial charge on any atom is 0.191 e. The molecule has 2 unspecified atom stereocenters. The maximum atomic E-state index is 6.07. The van der Waals surface area contributed by atoms with E-state index in [9.17, 15) is 0 Å². The van der Waals surface area contributed by atoms with Crippen LogP contribution in [0, 0.1) is 0 Å². The van der Waals surface area contributed by atoms with Crippen molar-refractivity contribution in [1.82, 2.24) is 15.5 Å². The first kappa shape index (κ1) is 19.0. The Kier molecular flexibility index (Phi) is 7.82. The molecule has 0 radical (unpaired) electrons. The van der Waals surface area contributed by atoms with Crippen LogP contribution in [0.15, 0.2) is 29.3 Å². The molecule has 1 saturated heterocycles. The Balaban J connectivity index is 1.84. The molecule has 2 N–H and O–H groups in total. The van der Waals surface area contributed by atoms with E-state index in [-0.39, 0.29) is 6.10 Å². The van der Waals surface area contributed by atoms with E-state index >= 15 is 0 Å². The minimum atomic E-state index is -0.0686. The highest BCUT2D eigenvalue weighted by molar-refractivity contribution is 6.30. The van der Waals surface area contributed by atoms with E-state index in [4.69, 9.17) is 16.3 Å². The average Bonchev–Trinajstić information content (AvgIpc) is 3.05. The van der Waals surface area contributed by atoms with Crippen LogP contribution in [0.4, 0.5) is 0 Å². The molecule has 0 bridgehead atoms. The fourth-order valence-electron chi connectivity index (χ4n) is 3.21. The number of likely N-dealkylation sites (N-methyl/N-ethyl adjacent to an activating group) is 1. The molecule has 1 aromatic rings. The van der Waals surface area contributed by atoms with E-state index in [1.807, 2.05) is 24.3 Å².